The summed E-state index contributed by atoms with van der Waals surface area (Å²) in [6.45, 7) is -2.85. The Morgan fingerprint density at radius 2 is 1.85 bits per heavy atom. The van der Waals surface area contributed by atoms with Crippen LogP contribution in [0.25, 0.3) is 0 Å². The number of ether oxygens (including phenoxy) is 1. The first-order valence-electron chi connectivity index (χ1n) is 3.10. The SMILES string of the molecule is FC(F)Oc1cc(Cl)c(Br)cc1Br. The highest BCUT2D eigenvalue weighted by Crippen LogP contribution is 2.34. The molecule has 6 heteroatoms. The van der Waals surface area contributed by atoms with Gasteiger partial charge >= 0.3 is 6.61 Å². The zero-order chi connectivity index (χ0) is 10.0. The van der Waals surface area contributed by atoms with Crippen molar-refractivity contribution in [3.63, 3.8) is 0 Å². The highest BCUT2D eigenvalue weighted by atomic mass is 79.9. The van der Waals surface area contributed by atoms with Gasteiger partial charge in [0.05, 0.1) is 9.50 Å². The molecule has 0 bridgehead atoms. The molecule has 1 nitrogen and oxygen atoms in total. The monoisotopic (exact) mass is 334 g/mol. The molecule has 0 saturated heterocycles. The van der Waals surface area contributed by atoms with E-state index in [1.807, 2.05) is 0 Å². The Balaban J connectivity index is 3.01. The summed E-state index contributed by atoms with van der Waals surface area (Å²) in [5, 5.41) is 0.318. The van der Waals surface area contributed by atoms with Crippen LogP contribution in [0.1, 0.15) is 0 Å². The molecule has 0 unspecified atom stereocenters. The molecule has 1 rings (SSSR count). The maximum Gasteiger partial charge on any atom is 0.387 e. The molecule has 0 saturated carbocycles. The van der Waals surface area contributed by atoms with Gasteiger partial charge in [0, 0.05) is 10.5 Å². The van der Waals surface area contributed by atoms with Gasteiger partial charge < -0.3 is 4.74 Å². The van der Waals surface area contributed by atoms with Crippen LogP contribution in [0.4, 0.5) is 8.78 Å². The Hall–Kier alpha value is 0.130. The third-order valence-electron chi connectivity index (χ3n) is 1.19. The van der Waals surface area contributed by atoms with Crippen molar-refractivity contribution in [2.75, 3.05) is 0 Å². The molecule has 0 aliphatic rings. The number of rotatable bonds is 2. The van der Waals surface area contributed by atoms with Crippen molar-refractivity contribution < 1.29 is 13.5 Å². The summed E-state index contributed by atoms with van der Waals surface area (Å²) in [5.41, 5.74) is 0. The summed E-state index contributed by atoms with van der Waals surface area (Å²) >= 11 is 11.9. The second-order valence-corrected chi connectivity index (χ2v) is 4.19. The highest BCUT2D eigenvalue weighted by Gasteiger charge is 2.10. The van der Waals surface area contributed by atoms with Crippen molar-refractivity contribution in [2.45, 2.75) is 6.61 Å². The average Bonchev–Trinajstić information content (AvgIpc) is 1.99. The van der Waals surface area contributed by atoms with Gasteiger partial charge in [-0.25, -0.2) is 0 Å². The molecule has 13 heavy (non-hydrogen) atoms. The summed E-state index contributed by atoms with van der Waals surface area (Å²) in [7, 11) is 0. The molecule has 0 atom stereocenters. The van der Waals surface area contributed by atoms with Crippen LogP contribution < -0.4 is 4.74 Å². The molecular formula is C7H3Br2ClF2O. The molecule has 0 N–H and O–H groups in total. The third kappa shape index (κ3) is 3.07. The van der Waals surface area contributed by atoms with Crippen LogP contribution in [-0.4, -0.2) is 6.61 Å². The first kappa shape index (κ1) is 11.2. The van der Waals surface area contributed by atoms with Crippen molar-refractivity contribution in [3.05, 3.63) is 26.1 Å². The van der Waals surface area contributed by atoms with E-state index in [9.17, 15) is 8.78 Å². The van der Waals surface area contributed by atoms with Crippen LogP contribution in [0.2, 0.25) is 5.02 Å². The van der Waals surface area contributed by atoms with Crippen molar-refractivity contribution in [1.82, 2.24) is 0 Å². The van der Waals surface area contributed by atoms with Gasteiger partial charge in [-0.1, -0.05) is 11.6 Å². The zero-order valence-corrected chi connectivity index (χ0v) is 9.96. The van der Waals surface area contributed by atoms with Gasteiger partial charge in [-0.15, -0.1) is 0 Å². The fourth-order valence-electron chi connectivity index (χ4n) is 0.691. The van der Waals surface area contributed by atoms with E-state index in [4.69, 9.17) is 11.6 Å². The molecule has 0 aliphatic carbocycles. The zero-order valence-electron chi connectivity index (χ0n) is 6.03. The number of hydrogen-bond acceptors (Lipinski definition) is 1. The van der Waals surface area contributed by atoms with Crippen LogP contribution in [-0.2, 0) is 0 Å². The Bertz CT molecular complexity index is 320. The summed E-state index contributed by atoms with van der Waals surface area (Å²) in [5.74, 6) is 0.0169. The highest BCUT2D eigenvalue weighted by molar-refractivity contribution is 9.11. The summed E-state index contributed by atoms with van der Waals surface area (Å²) < 4.78 is 28.9. The number of halogens is 5. The average molecular weight is 336 g/mol. The van der Waals surface area contributed by atoms with Crippen LogP contribution in [0.5, 0.6) is 5.75 Å². The number of benzene rings is 1. The minimum atomic E-state index is -2.85. The molecule has 1 aromatic rings. The Morgan fingerprint density at radius 3 is 2.38 bits per heavy atom. The normalized spacial score (nSPS) is 10.6. The van der Waals surface area contributed by atoms with Gasteiger partial charge in [0.2, 0.25) is 0 Å². The molecule has 1 aromatic carbocycles. The maximum atomic E-state index is 11.8. The summed E-state index contributed by atoms with van der Waals surface area (Å²) in [6, 6.07) is 2.85. The predicted octanol–water partition coefficient (Wildman–Crippen LogP) is 4.47. The molecule has 0 heterocycles. The molecule has 0 aliphatic heterocycles. The van der Waals surface area contributed by atoms with Crippen LogP contribution >= 0.6 is 43.5 Å². The predicted molar refractivity (Wildman–Crippen MR) is 53.5 cm³/mol. The van der Waals surface area contributed by atoms with Crippen molar-refractivity contribution >= 4 is 43.5 Å². The van der Waals surface area contributed by atoms with Crippen LogP contribution in [0.15, 0.2) is 21.1 Å². The van der Waals surface area contributed by atoms with Gasteiger partial charge in [0.15, 0.2) is 0 Å². The Labute approximate surface area is 95.3 Å². The van der Waals surface area contributed by atoms with Crippen LogP contribution in [0.3, 0.4) is 0 Å². The topological polar surface area (TPSA) is 9.23 Å². The lowest BCUT2D eigenvalue weighted by Crippen LogP contribution is -2.02. The van der Waals surface area contributed by atoms with Gasteiger partial charge in [-0.3, -0.25) is 0 Å². The van der Waals surface area contributed by atoms with Crippen LogP contribution in [0, 0.1) is 0 Å². The van der Waals surface area contributed by atoms with E-state index in [2.05, 4.69) is 36.6 Å². The second-order valence-electron chi connectivity index (χ2n) is 2.08. The Kier molecular flexibility index (Phi) is 3.94. The fraction of sp³-hybridized carbons (Fsp3) is 0.143. The van der Waals surface area contributed by atoms with E-state index in [1.165, 1.54) is 6.07 Å². The van der Waals surface area contributed by atoms with Gasteiger partial charge in [-0.2, -0.15) is 8.78 Å². The van der Waals surface area contributed by atoms with E-state index in [1.54, 1.807) is 6.07 Å². The lowest BCUT2D eigenvalue weighted by molar-refractivity contribution is -0.0503. The molecule has 0 spiro atoms. The fourth-order valence-corrected chi connectivity index (χ4v) is 1.93. The van der Waals surface area contributed by atoms with Gasteiger partial charge in [-0.05, 0) is 37.9 Å². The molecule has 0 amide bonds. The molecule has 72 valence electrons. The third-order valence-corrected chi connectivity index (χ3v) is 3.01. The van der Waals surface area contributed by atoms with Crippen molar-refractivity contribution in [1.29, 1.82) is 0 Å². The van der Waals surface area contributed by atoms with Crippen molar-refractivity contribution in [3.8, 4) is 5.75 Å². The van der Waals surface area contributed by atoms with E-state index in [0.29, 0.717) is 14.0 Å². The first-order chi connectivity index (χ1) is 6.00. The van der Waals surface area contributed by atoms with E-state index >= 15 is 0 Å². The minimum Gasteiger partial charge on any atom is -0.434 e. The second kappa shape index (κ2) is 4.57. The quantitative estimate of drug-likeness (QED) is 0.724. The maximum absolute atomic E-state index is 11.8. The summed E-state index contributed by atoms with van der Waals surface area (Å²) in [4.78, 5) is 0. The van der Waals surface area contributed by atoms with Gasteiger partial charge in [0.25, 0.3) is 0 Å². The molecule has 0 radical (unpaired) electrons. The van der Waals surface area contributed by atoms with E-state index in [0.717, 1.165) is 0 Å². The van der Waals surface area contributed by atoms with E-state index < -0.39 is 6.61 Å². The number of alkyl halides is 2. The number of hydrogen-bond donors (Lipinski definition) is 0. The first-order valence-corrected chi connectivity index (χ1v) is 5.06. The van der Waals surface area contributed by atoms with Crippen molar-refractivity contribution in [2.24, 2.45) is 0 Å². The lowest BCUT2D eigenvalue weighted by atomic mass is 10.3. The molecule has 0 fully saturated rings. The standard InChI is InChI=1S/C7H3Br2ClF2O/c8-3-1-4(9)6(2-5(3)10)13-7(11)12/h1-2,7H. The lowest BCUT2D eigenvalue weighted by Gasteiger charge is -2.07. The van der Waals surface area contributed by atoms with Gasteiger partial charge in [0.1, 0.15) is 5.75 Å². The molecule has 0 aromatic heterocycles. The largest absolute Gasteiger partial charge is 0.434 e. The smallest absolute Gasteiger partial charge is 0.387 e. The summed E-state index contributed by atoms with van der Waals surface area (Å²) in [6.07, 6.45) is 0. The van der Waals surface area contributed by atoms with E-state index in [-0.39, 0.29) is 5.75 Å². The molecular weight excluding hydrogens is 333 g/mol. The minimum absolute atomic E-state index is 0.0169. The Morgan fingerprint density at radius 1 is 1.23 bits per heavy atom.